The first-order valence-electron chi connectivity index (χ1n) is 11.9. The molecule has 0 spiro atoms. The van der Waals surface area contributed by atoms with E-state index in [2.05, 4.69) is 9.97 Å². The van der Waals surface area contributed by atoms with Crippen LogP contribution in [0.3, 0.4) is 0 Å². The van der Waals surface area contributed by atoms with Gasteiger partial charge in [0.05, 0.1) is 20.3 Å². The molecule has 4 aromatic rings. The molecule has 4 rings (SSSR count). The second-order valence-electron chi connectivity index (χ2n) is 8.53. The van der Waals surface area contributed by atoms with E-state index in [1.54, 1.807) is 25.3 Å². The van der Waals surface area contributed by atoms with E-state index in [-0.39, 0.29) is 6.42 Å². The van der Waals surface area contributed by atoms with Crippen LogP contribution in [0.15, 0.2) is 91.0 Å². The molecule has 0 bridgehead atoms. The number of carbonyl (C=O) groups excluding carboxylic acids is 1. The fourth-order valence-electron chi connectivity index (χ4n) is 4.44. The van der Waals surface area contributed by atoms with Crippen LogP contribution in [0, 0.1) is 12.8 Å². The Morgan fingerprint density at radius 3 is 1.76 bits per heavy atom. The second kappa shape index (κ2) is 11.7. The van der Waals surface area contributed by atoms with Gasteiger partial charge < -0.3 is 18.9 Å². The number of methoxy groups -OCH3 is 3. The van der Waals surface area contributed by atoms with Gasteiger partial charge in [0.25, 0.3) is 0 Å². The highest BCUT2D eigenvalue weighted by molar-refractivity contribution is 5.78. The summed E-state index contributed by atoms with van der Waals surface area (Å²) in [5.41, 5.74) is 1.45. The van der Waals surface area contributed by atoms with Gasteiger partial charge in [0, 0.05) is 13.5 Å². The van der Waals surface area contributed by atoms with Crippen molar-refractivity contribution in [1.29, 1.82) is 0 Å². The van der Waals surface area contributed by atoms with Gasteiger partial charge in [-0.15, -0.1) is 0 Å². The molecule has 0 aliphatic carbocycles. The number of aromatic nitrogens is 2. The van der Waals surface area contributed by atoms with Gasteiger partial charge in [-0.25, -0.2) is 0 Å². The van der Waals surface area contributed by atoms with Gasteiger partial charge in [-0.05, 0) is 30.2 Å². The van der Waals surface area contributed by atoms with Crippen molar-refractivity contribution in [2.24, 2.45) is 5.92 Å². The molecule has 0 fully saturated rings. The van der Waals surface area contributed by atoms with Crippen molar-refractivity contribution in [2.75, 3.05) is 21.3 Å². The SMILES string of the molecule is COc1cc(OC)nc(C[C@H](C(=O)Oc2ccc(C)cc2)C(OC)(c2ccccc2)c2ccccc2)n1. The molecule has 3 aromatic carbocycles. The van der Waals surface area contributed by atoms with Crippen LogP contribution in [0.5, 0.6) is 17.5 Å². The molecule has 1 atom stereocenters. The summed E-state index contributed by atoms with van der Waals surface area (Å²) < 4.78 is 22.9. The molecule has 37 heavy (non-hydrogen) atoms. The van der Waals surface area contributed by atoms with Crippen LogP contribution in [0.2, 0.25) is 0 Å². The van der Waals surface area contributed by atoms with Crippen molar-refractivity contribution >= 4 is 5.97 Å². The van der Waals surface area contributed by atoms with Crippen molar-refractivity contribution in [1.82, 2.24) is 9.97 Å². The van der Waals surface area contributed by atoms with E-state index in [0.29, 0.717) is 23.3 Å². The first-order chi connectivity index (χ1) is 18.0. The molecule has 0 aliphatic heterocycles. The van der Waals surface area contributed by atoms with E-state index >= 15 is 0 Å². The average molecular weight is 499 g/mol. The molecule has 0 saturated carbocycles. The standard InChI is InChI=1S/C30H30N2O5/c1-21-15-17-24(18-16-21)37-29(33)25(19-26-31-27(34-2)20-28(32-26)35-3)30(36-4,22-11-7-5-8-12-22)23-13-9-6-10-14-23/h5-18,20,25H,19H2,1-4H3/t25-/m1/s1. The molecule has 7 heteroatoms. The lowest BCUT2D eigenvalue weighted by molar-refractivity contribution is -0.149. The van der Waals surface area contributed by atoms with E-state index in [9.17, 15) is 4.79 Å². The molecule has 0 radical (unpaired) electrons. The summed E-state index contributed by atoms with van der Waals surface area (Å²) in [6.07, 6.45) is 0.0931. The molecule has 0 aliphatic rings. The zero-order valence-electron chi connectivity index (χ0n) is 21.4. The number of benzene rings is 3. The highest BCUT2D eigenvalue weighted by atomic mass is 16.5. The molecule has 190 valence electrons. The third-order valence-electron chi connectivity index (χ3n) is 6.27. The van der Waals surface area contributed by atoms with Crippen LogP contribution in [-0.2, 0) is 21.6 Å². The highest BCUT2D eigenvalue weighted by Crippen LogP contribution is 2.42. The summed E-state index contributed by atoms with van der Waals surface area (Å²) in [5.74, 6) is 0.0975. The third-order valence-corrected chi connectivity index (χ3v) is 6.27. The quantitative estimate of drug-likeness (QED) is 0.221. The Bertz CT molecular complexity index is 1250. The predicted octanol–water partition coefficient (Wildman–Crippen LogP) is 5.16. The lowest BCUT2D eigenvalue weighted by atomic mass is 9.74. The minimum atomic E-state index is -1.20. The smallest absolute Gasteiger partial charge is 0.318 e. The van der Waals surface area contributed by atoms with E-state index in [0.717, 1.165) is 16.7 Å². The zero-order valence-corrected chi connectivity index (χ0v) is 21.4. The normalized spacial score (nSPS) is 12.0. The summed E-state index contributed by atoms with van der Waals surface area (Å²) in [4.78, 5) is 23.0. The molecule has 1 aromatic heterocycles. The predicted molar refractivity (Wildman–Crippen MR) is 140 cm³/mol. The van der Waals surface area contributed by atoms with E-state index in [1.807, 2.05) is 79.7 Å². The first-order valence-corrected chi connectivity index (χ1v) is 11.9. The fourth-order valence-corrected chi connectivity index (χ4v) is 4.44. The molecule has 7 nitrogen and oxygen atoms in total. The van der Waals surface area contributed by atoms with Crippen molar-refractivity contribution in [3.63, 3.8) is 0 Å². The highest BCUT2D eigenvalue weighted by Gasteiger charge is 2.48. The number of esters is 1. The molecule has 0 N–H and O–H groups in total. The lowest BCUT2D eigenvalue weighted by Crippen LogP contribution is -2.45. The maximum Gasteiger partial charge on any atom is 0.318 e. The van der Waals surface area contributed by atoms with Gasteiger partial charge in [0.1, 0.15) is 23.1 Å². The zero-order chi connectivity index (χ0) is 26.3. The Morgan fingerprint density at radius 1 is 0.784 bits per heavy atom. The first kappa shape index (κ1) is 25.9. The number of hydrogen-bond acceptors (Lipinski definition) is 7. The van der Waals surface area contributed by atoms with Crippen LogP contribution in [0.1, 0.15) is 22.5 Å². The van der Waals surface area contributed by atoms with Gasteiger partial charge >= 0.3 is 5.97 Å². The van der Waals surface area contributed by atoms with Gasteiger partial charge in [0.15, 0.2) is 0 Å². The van der Waals surface area contributed by atoms with E-state index < -0.39 is 17.5 Å². The Kier molecular flexibility index (Phi) is 8.15. The second-order valence-corrected chi connectivity index (χ2v) is 8.53. The van der Waals surface area contributed by atoms with Crippen molar-refractivity contribution < 1.29 is 23.7 Å². The van der Waals surface area contributed by atoms with Gasteiger partial charge in [-0.1, -0.05) is 78.4 Å². The van der Waals surface area contributed by atoms with Crippen molar-refractivity contribution in [3.05, 3.63) is 114 Å². The van der Waals surface area contributed by atoms with Gasteiger partial charge in [0.2, 0.25) is 11.8 Å². The maximum absolute atomic E-state index is 14.0. The van der Waals surface area contributed by atoms with E-state index in [4.69, 9.17) is 18.9 Å². The molecular formula is C30H30N2O5. The van der Waals surface area contributed by atoms with Gasteiger partial charge in [-0.3, -0.25) is 4.79 Å². The van der Waals surface area contributed by atoms with Crippen LogP contribution in [-0.4, -0.2) is 37.3 Å². The maximum atomic E-state index is 14.0. The molecule has 0 unspecified atom stereocenters. The Morgan fingerprint density at radius 2 is 1.30 bits per heavy atom. The summed E-state index contributed by atoms with van der Waals surface area (Å²) in [6, 6.07) is 28.2. The van der Waals surface area contributed by atoms with Crippen LogP contribution in [0.25, 0.3) is 0 Å². The number of carbonyl (C=O) groups is 1. The summed E-state index contributed by atoms with van der Waals surface area (Å²) >= 11 is 0. The number of hydrogen-bond donors (Lipinski definition) is 0. The number of nitrogens with zero attached hydrogens (tertiary/aromatic N) is 2. The monoisotopic (exact) mass is 498 g/mol. The average Bonchev–Trinajstić information content (AvgIpc) is 2.95. The molecule has 0 amide bonds. The summed E-state index contributed by atoms with van der Waals surface area (Å²) in [6.45, 7) is 1.97. The summed E-state index contributed by atoms with van der Waals surface area (Å²) in [7, 11) is 4.63. The minimum absolute atomic E-state index is 0.0931. The van der Waals surface area contributed by atoms with Gasteiger partial charge in [-0.2, -0.15) is 9.97 Å². The Labute approximate surface area is 217 Å². The molecule has 0 saturated heterocycles. The largest absolute Gasteiger partial charge is 0.481 e. The number of ether oxygens (including phenoxy) is 4. The molecular weight excluding hydrogens is 468 g/mol. The minimum Gasteiger partial charge on any atom is -0.481 e. The fraction of sp³-hybridized carbons (Fsp3) is 0.233. The van der Waals surface area contributed by atoms with Crippen LogP contribution >= 0.6 is 0 Å². The van der Waals surface area contributed by atoms with Crippen molar-refractivity contribution in [2.45, 2.75) is 18.9 Å². The number of aryl methyl sites for hydroxylation is 1. The van der Waals surface area contributed by atoms with Crippen LogP contribution in [0.4, 0.5) is 0 Å². The summed E-state index contributed by atoms with van der Waals surface area (Å²) in [5, 5.41) is 0. The Balaban J connectivity index is 1.89. The van der Waals surface area contributed by atoms with Crippen LogP contribution < -0.4 is 14.2 Å². The topological polar surface area (TPSA) is 79.8 Å². The Hall–Kier alpha value is -4.23. The number of rotatable bonds is 10. The lowest BCUT2D eigenvalue weighted by Gasteiger charge is -2.39. The van der Waals surface area contributed by atoms with Crippen molar-refractivity contribution in [3.8, 4) is 17.5 Å². The van der Waals surface area contributed by atoms with E-state index in [1.165, 1.54) is 14.2 Å². The molecule has 1 heterocycles. The third kappa shape index (κ3) is 5.62.